The summed E-state index contributed by atoms with van der Waals surface area (Å²) in [4.78, 5) is 0. The molecule has 0 aromatic rings. The third-order valence-corrected chi connectivity index (χ3v) is 8.07. The molecule has 0 aromatic carbocycles. The number of aliphatic hydroxyl groups is 2. The van der Waals surface area contributed by atoms with Gasteiger partial charge in [0.05, 0.1) is 6.10 Å². The number of terminal acetylenes is 1. The van der Waals surface area contributed by atoms with Crippen LogP contribution >= 0.6 is 0 Å². The van der Waals surface area contributed by atoms with Crippen LogP contribution in [0, 0.1) is 41.4 Å². The van der Waals surface area contributed by atoms with Gasteiger partial charge in [-0.2, -0.15) is 0 Å². The van der Waals surface area contributed by atoms with Crippen LogP contribution in [0.4, 0.5) is 0 Å². The van der Waals surface area contributed by atoms with E-state index in [9.17, 15) is 10.2 Å². The van der Waals surface area contributed by atoms with Gasteiger partial charge >= 0.3 is 0 Å². The maximum atomic E-state index is 11.2. The highest BCUT2D eigenvalue weighted by molar-refractivity contribution is 5.32. The van der Waals surface area contributed by atoms with Crippen molar-refractivity contribution < 1.29 is 10.2 Å². The Morgan fingerprint density at radius 3 is 2.83 bits per heavy atom. The number of aliphatic hydroxyl groups excluding tert-OH is 1. The highest BCUT2D eigenvalue weighted by Crippen LogP contribution is 2.67. The summed E-state index contributed by atoms with van der Waals surface area (Å²) in [5.74, 6) is 5.00. The molecule has 0 aliphatic heterocycles. The minimum atomic E-state index is -0.959. The average Bonchev–Trinajstić information content (AvgIpc) is 2.88. The average molecular weight is 326 g/mol. The van der Waals surface area contributed by atoms with Crippen molar-refractivity contribution >= 4 is 0 Å². The van der Waals surface area contributed by atoms with Gasteiger partial charge < -0.3 is 10.2 Å². The summed E-state index contributed by atoms with van der Waals surface area (Å²) in [5.41, 5.74) is 1.64. The van der Waals surface area contributed by atoms with Gasteiger partial charge in [0.2, 0.25) is 0 Å². The van der Waals surface area contributed by atoms with Gasteiger partial charge in [0.25, 0.3) is 0 Å². The van der Waals surface area contributed by atoms with Crippen molar-refractivity contribution in [1.82, 2.24) is 0 Å². The smallest absolute Gasteiger partial charge is 0.131 e. The van der Waals surface area contributed by atoms with Crippen molar-refractivity contribution in [3.8, 4) is 12.3 Å². The van der Waals surface area contributed by atoms with Gasteiger partial charge in [0.1, 0.15) is 5.60 Å². The number of allylic oxidation sites excluding steroid dienone is 2. The fraction of sp³-hybridized carbons (Fsp3) is 0.727. The van der Waals surface area contributed by atoms with Crippen LogP contribution in [0.3, 0.4) is 0 Å². The Hall–Kier alpha value is -1.04. The second kappa shape index (κ2) is 5.48. The van der Waals surface area contributed by atoms with Crippen LogP contribution in [-0.2, 0) is 0 Å². The molecule has 2 heteroatoms. The molecule has 2 N–H and O–H groups in total. The third kappa shape index (κ3) is 1.98. The van der Waals surface area contributed by atoms with Crippen LogP contribution in [-0.4, -0.2) is 21.9 Å². The van der Waals surface area contributed by atoms with E-state index >= 15 is 0 Å². The van der Waals surface area contributed by atoms with E-state index in [0.29, 0.717) is 23.7 Å². The fourth-order valence-corrected chi connectivity index (χ4v) is 7.03. The van der Waals surface area contributed by atoms with E-state index in [2.05, 4.69) is 25.5 Å². The zero-order chi connectivity index (χ0) is 17.1. The standard InChI is InChI=1S/C22H30O2/c1-4-21-13-14(3)20-17-9-7-16(23)12-15(17)6-8-18(20)19(21)10-11-22(21,24)5-2/h2,12,16-20,23-24H,3-4,6-11,13H2,1H3/t16-,17+,18+,19-,20+,21+,22+/m1/s1. The Morgan fingerprint density at radius 1 is 1.33 bits per heavy atom. The summed E-state index contributed by atoms with van der Waals surface area (Å²) < 4.78 is 0. The summed E-state index contributed by atoms with van der Waals surface area (Å²) >= 11 is 0. The zero-order valence-electron chi connectivity index (χ0n) is 14.8. The van der Waals surface area contributed by atoms with E-state index in [1.54, 1.807) is 0 Å². The lowest BCUT2D eigenvalue weighted by Crippen LogP contribution is -2.54. The van der Waals surface area contributed by atoms with Crippen molar-refractivity contribution in [2.24, 2.45) is 29.1 Å². The molecule has 0 aromatic heterocycles. The first-order chi connectivity index (χ1) is 11.5. The largest absolute Gasteiger partial charge is 0.389 e. The lowest BCUT2D eigenvalue weighted by Gasteiger charge is -2.57. The van der Waals surface area contributed by atoms with E-state index in [1.807, 2.05) is 0 Å². The molecule has 4 aliphatic carbocycles. The van der Waals surface area contributed by atoms with Gasteiger partial charge in [0, 0.05) is 5.41 Å². The van der Waals surface area contributed by atoms with E-state index in [-0.39, 0.29) is 11.5 Å². The molecule has 0 bridgehead atoms. The number of hydrogen-bond acceptors (Lipinski definition) is 2. The Morgan fingerprint density at radius 2 is 2.12 bits per heavy atom. The molecule has 2 nitrogen and oxygen atoms in total. The van der Waals surface area contributed by atoms with Gasteiger partial charge in [0.15, 0.2) is 0 Å². The summed E-state index contributed by atoms with van der Waals surface area (Å²) in [6.45, 7) is 6.69. The minimum absolute atomic E-state index is 0.171. The van der Waals surface area contributed by atoms with Crippen molar-refractivity contribution in [1.29, 1.82) is 0 Å². The lowest BCUT2D eigenvalue weighted by molar-refractivity contribution is -0.0794. The molecule has 0 amide bonds. The van der Waals surface area contributed by atoms with Crippen LogP contribution < -0.4 is 0 Å². The maximum absolute atomic E-state index is 11.2. The molecule has 0 spiro atoms. The minimum Gasteiger partial charge on any atom is -0.389 e. The van der Waals surface area contributed by atoms with E-state index < -0.39 is 5.60 Å². The lowest BCUT2D eigenvalue weighted by atomic mass is 9.48. The van der Waals surface area contributed by atoms with Gasteiger partial charge in [-0.05, 0) is 75.0 Å². The molecule has 3 saturated carbocycles. The molecule has 0 unspecified atom stereocenters. The second-order valence-corrected chi connectivity index (χ2v) is 8.72. The van der Waals surface area contributed by atoms with Crippen LogP contribution in [0.2, 0.25) is 0 Å². The van der Waals surface area contributed by atoms with E-state index in [1.165, 1.54) is 11.1 Å². The summed E-state index contributed by atoms with van der Waals surface area (Å²) in [6.07, 6.45) is 15.5. The quantitative estimate of drug-likeness (QED) is 0.568. The highest BCUT2D eigenvalue weighted by Gasteiger charge is 2.64. The fourth-order valence-electron chi connectivity index (χ4n) is 7.03. The molecular formula is C22H30O2. The third-order valence-electron chi connectivity index (χ3n) is 8.07. The molecule has 7 atom stereocenters. The molecule has 24 heavy (non-hydrogen) atoms. The number of hydrogen-bond donors (Lipinski definition) is 2. The summed E-state index contributed by atoms with van der Waals surface area (Å²) in [6, 6.07) is 0. The predicted octanol–water partition coefficient (Wildman–Crippen LogP) is 3.84. The van der Waals surface area contributed by atoms with Crippen LogP contribution in [0.5, 0.6) is 0 Å². The van der Waals surface area contributed by atoms with Crippen molar-refractivity contribution in [3.05, 3.63) is 23.8 Å². The van der Waals surface area contributed by atoms with Gasteiger partial charge in [-0.25, -0.2) is 0 Å². The SMILES string of the molecule is C#C[C@]1(O)CC[C@@H]2[C@@H]3CCC4=C[C@H](O)CC[C@@H]4[C@@H]3C(=C)C[C@@]21CC. The van der Waals surface area contributed by atoms with Crippen molar-refractivity contribution in [3.63, 3.8) is 0 Å². The Kier molecular flexibility index (Phi) is 3.75. The Labute approximate surface area is 146 Å². The second-order valence-electron chi connectivity index (χ2n) is 8.72. The first-order valence-electron chi connectivity index (χ1n) is 9.72. The van der Waals surface area contributed by atoms with Gasteiger partial charge in [-0.15, -0.1) is 6.42 Å². The normalized spacial score (nSPS) is 50.3. The molecule has 4 rings (SSSR count). The van der Waals surface area contributed by atoms with E-state index in [0.717, 1.165) is 51.4 Å². The van der Waals surface area contributed by atoms with Gasteiger partial charge in [-0.3, -0.25) is 0 Å². The molecule has 3 fully saturated rings. The van der Waals surface area contributed by atoms with E-state index in [4.69, 9.17) is 6.42 Å². The van der Waals surface area contributed by atoms with Crippen LogP contribution in [0.1, 0.15) is 58.3 Å². The maximum Gasteiger partial charge on any atom is 0.131 e. The number of fused-ring (bicyclic) bond motifs is 5. The predicted molar refractivity (Wildman–Crippen MR) is 96.0 cm³/mol. The summed E-state index contributed by atoms with van der Waals surface area (Å²) in [5, 5.41) is 21.2. The molecular weight excluding hydrogens is 296 g/mol. The van der Waals surface area contributed by atoms with Gasteiger partial charge in [-0.1, -0.05) is 36.6 Å². The molecule has 130 valence electrons. The Balaban J connectivity index is 1.73. The molecule has 4 aliphatic rings. The molecule has 0 radical (unpaired) electrons. The van der Waals surface area contributed by atoms with Crippen molar-refractivity contribution in [2.45, 2.75) is 70.0 Å². The monoisotopic (exact) mass is 326 g/mol. The topological polar surface area (TPSA) is 40.5 Å². The molecule has 0 heterocycles. The highest BCUT2D eigenvalue weighted by atomic mass is 16.3. The number of rotatable bonds is 1. The van der Waals surface area contributed by atoms with Crippen LogP contribution in [0.15, 0.2) is 23.8 Å². The summed E-state index contributed by atoms with van der Waals surface area (Å²) in [7, 11) is 0. The Bertz CT molecular complexity index is 626. The first kappa shape index (κ1) is 16.4. The first-order valence-corrected chi connectivity index (χ1v) is 9.72. The van der Waals surface area contributed by atoms with Crippen molar-refractivity contribution in [2.75, 3.05) is 0 Å². The zero-order valence-corrected chi connectivity index (χ0v) is 14.8. The van der Waals surface area contributed by atoms with Crippen LogP contribution in [0.25, 0.3) is 0 Å². The molecule has 0 saturated heterocycles.